The third-order valence-corrected chi connectivity index (χ3v) is 4.42. The van der Waals surface area contributed by atoms with Crippen molar-refractivity contribution in [2.45, 2.75) is 40.0 Å². The number of amides is 2. The van der Waals surface area contributed by atoms with Gasteiger partial charge in [0.25, 0.3) is 0 Å². The molecule has 1 aliphatic carbocycles. The Bertz CT molecular complexity index is 393. The summed E-state index contributed by atoms with van der Waals surface area (Å²) in [5.74, 6) is -2.22. The predicted molar refractivity (Wildman–Crippen MR) is 78.6 cm³/mol. The molecule has 1 unspecified atom stereocenters. The molecule has 1 fully saturated rings. The molecule has 0 heterocycles. The molecule has 0 aromatic rings. The molecular formula is C15H26N2O4. The summed E-state index contributed by atoms with van der Waals surface area (Å²) >= 11 is 0. The van der Waals surface area contributed by atoms with Crippen molar-refractivity contribution >= 4 is 17.8 Å². The van der Waals surface area contributed by atoms with Gasteiger partial charge in [-0.2, -0.15) is 0 Å². The van der Waals surface area contributed by atoms with Crippen LogP contribution in [0.1, 0.15) is 40.0 Å². The Morgan fingerprint density at radius 1 is 1.10 bits per heavy atom. The Morgan fingerprint density at radius 2 is 1.67 bits per heavy atom. The summed E-state index contributed by atoms with van der Waals surface area (Å²) < 4.78 is 0. The van der Waals surface area contributed by atoms with Crippen molar-refractivity contribution in [3.8, 4) is 0 Å². The highest BCUT2D eigenvalue weighted by molar-refractivity contribution is 5.88. The van der Waals surface area contributed by atoms with Crippen molar-refractivity contribution in [1.82, 2.24) is 10.2 Å². The van der Waals surface area contributed by atoms with Gasteiger partial charge >= 0.3 is 5.97 Å². The molecule has 0 bridgehead atoms. The van der Waals surface area contributed by atoms with Crippen molar-refractivity contribution in [1.29, 1.82) is 0 Å². The quantitative estimate of drug-likeness (QED) is 0.737. The van der Waals surface area contributed by atoms with Crippen LogP contribution in [0.3, 0.4) is 0 Å². The number of nitrogens with zero attached hydrogens (tertiary/aromatic N) is 1. The van der Waals surface area contributed by atoms with Gasteiger partial charge < -0.3 is 15.3 Å². The van der Waals surface area contributed by atoms with Crippen molar-refractivity contribution in [3.63, 3.8) is 0 Å². The molecule has 6 nitrogen and oxygen atoms in total. The van der Waals surface area contributed by atoms with Crippen molar-refractivity contribution < 1.29 is 19.5 Å². The molecule has 6 heteroatoms. The third kappa shape index (κ3) is 4.44. The Balaban J connectivity index is 2.58. The summed E-state index contributed by atoms with van der Waals surface area (Å²) in [5, 5.41) is 11.8. The van der Waals surface area contributed by atoms with E-state index < -0.39 is 17.8 Å². The van der Waals surface area contributed by atoms with Crippen LogP contribution in [0.2, 0.25) is 0 Å². The van der Waals surface area contributed by atoms with E-state index in [2.05, 4.69) is 5.32 Å². The molecule has 3 atom stereocenters. The second kappa shape index (κ2) is 8.00. The Morgan fingerprint density at radius 3 is 2.14 bits per heavy atom. The van der Waals surface area contributed by atoms with Crippen LogP contribution >= 0.6 is 0 Å². The van der Waals surface area contributed by atoms with Gasteiger partial charge in [-0.05, 0) is 32.6 Å². The van der Waals surface area contributed by atoms with Crippen LogP contribution < -0.4 is 5.32 Å². The number of carbonyl (C=O) groups excluding carboxylic acids is 2. The van der Waals surface area contributed by atoms with Crippen molar-refractivity contribution in [3.05, 3.63) is 0 Å². The topological polar surface area (TPSA) is 86.7 Å². The molecule has 120 valence electrons. The molecular weight excluding hydrogens is 272 g/mol. The largest absolute Gasteiger partial charge is 0.481 e. The Kier molecular flexibility index (Phi) is 6.65. The molecule has 1 aliphatic rings. The van der Waals surface area contributed by atoms with Crippen LogP contribution in [0.15, 0.2) is 0 Å². The van der Waals surface area contributed by atoms with Crippen LogP contribution in [0.5, 0.6) is 0 Å². The lowest BCUT2D eigenvalue weighted by Crippen LogP contribution is -2.43. The van der Waals surface area contributed by atoms with E-state index in [-0.39, 0.29) is 24.3 Å². The maximum absolute atomic E-state index is 12.2. The number of hydrogen-bond acceptors (Lipinski definition) is 3. The molecule has 2 N–H and O–H groups in total. The van der Waals surface area contributed by atoms with Crippen molar-refractivity contribution in [2.24, 2.45) is 17.8 Å². The molecule has 0 radical (unpaired) electrons. The summed E-state index contributed by atoms with van der Waals surface area (Å²) in [7, 11) is 0. The smallest absolute Gasteiger partial charge is 0.307 e. The average Bonchev–Trinajstić information content (AvgIpc) is 2.90. The van der Waals surface area contributed by atoms with E-state index in [0.717, 1.165) is 6.42 Å². The lowest BCUT2D eigenvalue weighted by Gasteiger charge is -2.20. The summed E-state index contributed by atoms with van der Waals surface area (Å²) in [6.07, 6.45) is 2.03. The zero-order valence-corrected chi connectivity index (χ0v) is 13.1. The first-order valence-corrected chi connectivity index (χ1v) is 7.72. The van der Waals surface area contributed by atoms with E-state index in [1.54, 1.807) is 4.90 Å². The zero-order chi connectivity index (χ0) is 16.0. The fourth-order valence-electron chi connectivity index (χ4n) is 3.02. The van der Waals surface area contributed by atoms with Gasteiger partial charge in [0.1, 0.15) is 0 Å². The second-order valence-electron chi connectivity index (χ2n) is 5.58. The predicted octanol–water partition coefficient (Wildman–Crippen LogP) is 1.11. The molecule has 0 spiro atoms. The minimum atomic E-state index is -0.916. The zero-order valence-electron chi connectivity index (χ0n) is 13.1. The third-order valence-electron chi connectivity index (χ3n) is 4.42. The fraction of sp³-hybridized carbons (Fsp3) is 0.800. The highest BCUT2D eigenvalue weighted by Gasteiger charge is 2.42. The van der Waals surface area contributed by atoms with Crippen LogP contribution in [0, 0.1) is 17.8 Å². The van der Waals surface area contributed by atoms with Gasteiger partial charge in [0.15, 0.2) is 0 Å². The number of carboxylic acid groups (broad SMARTS) is 1. The van der Waals surface area contributed by atoms with E-state index in [4.69, 9.17) is 0 Å². The molecule has 1 rings (SSSR count). The van der Waals surface area contributed by atoms with Gasteiger partial charge in [0.2, 0.25) is 11.8 Å². The summed E-state index contributed by atoms with van der Waals surface area (Å²) in [4.78, 5) is 36.9. The maximum atomic E-state index is 12.2. The van der Waals surface area contributed by atoms with Gasteiger partial charge in [-0.25, -0.2) is 0 Å². The number of carboxylic acids is 1. The van der Waals surface area contributed by atoms with E-state index in [9.17, 15) is 19.5 Å². The standard InChI is InChI=1S/C15H26N2O4/c1-4-10-7-11(12(8-10)15(20)21)14(19)16-9-13(18)17(5-2)6-3/h10-12H,4-9H2,1-3H3,(H,16,19)(H,20,21)/t10?,11-,12+/m0/s1. The van der Waals surface area contributed by atoms with E-state index >= 15 is 0 Å². The lowest BCUT2D eigenvalue weighted by atomic mass is 9.95. The molecule has 0 aromatic carbocycles. The van der Waals surface area contributed by atoms with E-state index in [1.165, 1.54) is 0 Å². The lowest BCUT2D eigenvalue weighted by molar-refractivity contribution is -0.146. The Labute approximate surface area is 125 Å². The van der Waals surface area contributed by atoms with E-state index in [0.29, 0.717) is 25.9 Å². The molecule has 0 saturated heterocycles. The molecule has 1 saturated carbocycles. The summed E-state index contributed by atoms with van der Waals surface area (Å²) in [6, 6.07) is 0. The van der Waals surface area contributed by atoms with E-state index in [1.807, 2.05) is 20.8 Å². The van der Waals surface area contributed by atoms with Crippen LogP contribution in [0.25, 0.3) is 0 Å². The van der Waals surface area contributed by atoms with Gasteiger partial charge in [-0.1, -0.05) is 13.3 Å². The number of carbonyl (C=O) groups is 3. The molecule has 2 amide bonds. The van der Waals surface area contributed by atoms with Crippen LogP contribution in [-0.2, 0) is 14.4 Å². The van der Waals surface area contributed by atoms with Crippen LogP contribution in [-0.4, -0.2) is 47.4 Å². The number of aliphatic carboxylic acids is 1. The number of likely N-dealkylation sites (N-methyl/N-ethyl adjacent to an activating group) is 1. The summed E-state index contributed by atoms with van der Waals surface area (Å²) in [6.45, 7) is 6.92. The normalized spacial score (nSPS) is 24.6. The second-order valence-corrected chi connectivity index (χ2v) is 5.58. The molecule has 0 aromatic heterocycles. The maximum Gasteiger partial charge on any atom is 0.307 e. The first-order valence-electron chi connectivity index (χ1n) is 7.72. The monoisotopic (exact) mass is 298 g/mol. The SMILES string of the molecule is CCC1C[C@H](C(=O)NCC(=O)N(CC)CC)[C@H](C(=O)O)C1. The first-order chi connectivity index (χ1) is 9.94. The molecule has 0 aliphatic heterocycles. The number of hydrogen-bond donors (Lipinski definition) is 2. The highest BCUT2D eigenvalue weighted by atomic mass is 16.4. The Hall–Kier alpha value is -1.59. The first kappa shape index (κ1) is 17.5. The van der Waals surface area contributed by atoms with Gasteiger partial charge in [-0.15, -0.1) is 0 Å². The average molecular weight is 298 g/mol. The number of nitrogens with one attached hydrogen (secondary N) is 1. The van der Waals surface area contributed by atoms with Gasteiger partial charge in [0, 0.05) is 13.1 Å². The fourth-order valence-corrected chi connectivity index (χ4v) is 3.02. The molecule has 21 heavy (non-hydrogen) atoms. The number of rotatable bonds is 7. The minimum Gasteiger partial charge on any atom is -0.481 e. The van der Waals surface area contributed by atoms with Gasteiger partial charge in [0.05, 0.1) is 18.4 Å². The van der Waals surface area contributed by atoms with Gasteiger partial charge in [-0.3, -0.25) is 14.4 Å². The highest BCUT2D eigenvalue weighted by Crippen LogP contribution is 2.38. The summed E-state index contributed by atoms with van der Waals surface area (Å²) in [5.41, 5.74) is 0. The minimum absolute atomic E-state index is 0.0554. The van der Waals surface area contributed by atoms with Crippen molar-refractivity contribution in [2.75, 3.05) is 19.6 Å². The van der Waals surface area contributed by atoms with Crippen LogP contribution in [0.4, 0.5) is 0 Å².